The molecule has 7 aliphatic heterocycles. The van der Waals surface area contributed by atoms with Gasteiger partial charge >= 0.3 is 5.97 Å². The van der Waals surface area contributed by atoms with Crippen LogP contribution in [0.15, 0.2) is 72.8 Å². The highest BCUT2D eigenvalue weighted by Crippen LogP contribution is 2.36. The number of rotatable bonds is 10. The summed E-state index contributed by atoms with van der Waals surface area (Å²) in [6.07, 6.45) is 1.80. The second-order valence-corrected chi connectivity index (χ2v) is 25.9. The molecule has 26 nitrogen and oxygen atoms in total. The minimum absolute atomic E-state index is 0.00167. The lowest BCUT2D eigenvalue weighted by molar-refractivity contribution is 0.0596. The Bertz CT molecular complexity index is 4150. The van der Waals surface area contributed by atoms with Crippen LogP contribution in [0.25, 0.3) is 55.6 Å². The summed E-state index contributed by atoms with van der Waals surface area (Å²) in [4.78, 5) is 81.9. The Morgan fingerprint density at radius 3 is 1.28 bits per heavy atom. The molecular weight excluding hydrogens is 1260 g/mol. The number of carbonyl (C=O) groups is 2. The van der Waals surface area contributed by atoms with Crippen molar-refractivity contribution >= 4 is 91.9 Å². The maximum Gasteiger partial charge on any atom is 0.341 e. The number of nitrogens with one attached hydrogen (secondary N) is 1. The Morgan fingerprint density at radius 2 is 0.866 bits per heavy atom. The van der Waals surface area contributed by atoms with Crippen molar-refractivity contribution in [1.29, 1.82) is 0 Å². The van der Waals surface area contributed by atoms with Gasteiger partial charge < -0.3 is 72.6 Å². The van der Waals surface area contributed by atoms with E-state index in [4.69, 9.17) is 89.4 Å². The van der Waals surface area contributed by atoms with E-state index >= 15 is 0 Å². The van der Waals surface area contributed by atoms with Gasteiger partial charge in [0.15, 0.2) is 16.9 Å². The number of methoxy groups -OCH3 is 2. The van der Waals surface area contributed by atoms with Crippen LogP contribution in [-0.4, -0.2) is 232 Å². The zero-order valence-corrected chi connectivity index (χ0v) is 57.2. The van der Waals surface area contributed by atoms with Crippen LogP contribution >= 0.6 is 11.6 Å². The molecule has 7 aliphatic rings. The lowest BCUT2D eigenvalue weighted by atomic mass is 9.99. The fourth-order valence-electron chi connectivity index (χ4n) is 13.4. The molecule has 97 heavy (non-hydrogen) atoms. The van der Waals surface area contributed by atoms with Crippen LogP contribution in [0.3, 0.4) is 0 Å². The van der Waals surface area contributed by atoms with Crippen LogP contribution < -0.4 is 39.5 Å². The van der Waals surface area contributed by atoms with E-state index in [2.05, 4.69) is 93.4 Å². The van der Waals surface area contributed by atoms with E-state index in [-0.39, 0.29) is 42.2 Å². The van der Waals surface area contributed by atoms with Gasteiger partial charge in [-0.25, -0.2) is 19.7 Å². The quantitative estimate of drug-likeness (QED) is 0.101. The van der Waals surface area contributed by atoms with E-state index in [1.807, 2.05) is 42.5 Å². The Balaban J connectivity index is 0.000000134. The first kappa shape index (κ1) is 67.1. The molecule has 2 aromatic carbocycles. The molecule has 8 aromatic rings. The van der Waals surface area contributed by atoms with Crippen molar-refractivity contribution in [2.75, 3.05) is 169 Å². The van der Waals surface area contributed by atoms with Gasteiger partial charge in [0.05, 0.1) is 157 Å². The largest absolute Gasteiger partial charge is 0.496 e. The number of anilines is 6. The molecule has 0 saturated carbocycles. The topological polar surface area (TPSA) is 255 Å². The normalized spacial score (nSPS) is 22.4. The Labute approximate surface area is 569 Å². The van der Waals surface area contributed by atoms with Gasteiger partial charge in [-0.05, 0) is 121 Å². The number of halogens is 1. The third kappa shape index (κ3) is 14.6. The summed E-state index contributed by atoms with van der Waals surface area (Å²) in [6.45, 7) is 26.0. The van der Waals surface area contributed by atoms with Crippen LogP contribution in [0.5, 0.6) is 5.75 Å². The SMILES string of the molecule is COC(=O)c1ccc(-c2ccc3c(N4CCOC[C@@H]4C)nc(N4CCOC[C@@H]4C)nc3n2)cc1OC.C[C@H]1COCCN1c1nc(N2CCOC[C@@H]2C)c2ccc(-c3ccc4c(c3)CCCNC4=O)nc2n1.C[C@H]1COCCN1c1nc(N2CCOC[C@@H]2C)c2ccc(Cl)nc2n1. The number of benzene rings is 2. The molecule has 27 heteroatoms. The molecule has 1 N–H and O–H groups in total. The summed E-state index contributed by atoms with van der Waals surface area (Å²) >= 11 is 6.11. The highest BCUT2D eigenvalue weighted by atomic mass is 35.5. The van der Waals surface area contributed by atoms with E-state index in [9.17, 15) is 9.59 Å². The van der Waals surface area contributed by atoms with Gasteiger partial charge in [0.2, 0.25) is 17.8 Å². The number of aromatic nitrogens is 9. The average Bonchev–Trinajstić information content (AvgIpc) is 0.959. The number of amides is 1. The van der Waals surface area contributed by atoms with Crippen molar-refractivity contribution in [2.24, 2.45) is 0 Å². The van der Waals surface area contributed by atoms with Crippen molar-refractivity contribution < 1.29 is 47.5 Å². The number of hydrogen-bond donors (Lipinski definition) is 1. The van der Waals surface area contributed by atoms with Crippen molar-refractivity contribution in [2.45, 2.75) is 90.6 Å². The molecule has 0 bridgehead atoms. The van der Waals surface area contributed by atoms with E-state index < -0.39 is 5.97 Å². The predicted octanol–water partition coefficient (Wildman–Crippen LogP) is 7.88. The minimum atomic E-state index is -0.453. The van der Waals surface area contributed by atoms with Gasteiger partial charge in [0, 0.05) is 62.5 Å². The number of pyridine rings is 3. The van der Waals surface area contributed by atoms with Crippen LogP contribution in [0.2, 0.25) is 5.15 Å². The first-order valence-corrected chi connectivity index (χ1v) is 34.1. The highest BCUT2D eigenvalue weighted by Gasteiger charge is 2.32. The Hall–Kier alpha value is -8.50. The van der Waals surface area contributed by atoms with Crippen LogP contribution in [0.1, 0.15) is 74.2 Å². The number of ether oxygens (including phenoxy) is 8. The van der Waals surface area contributed by atoms with Gasteiger partial charge in [-0.2, -0.15) is 29.9 Å². The van der Waals surface area contributed by atoms with Crippen molar-refractivity contribution in [3.63, 3.8) is 0 Å². The molecule has 0 unspecified atom stereocenters. The summed E-state index contributed by atoms with van der Waals surface area (Å²) in [5, 5.41) is 6.15. The van der Waals surface area contributed by atoms with Crippen LogP contribution in [0, 0.1) is 0 Å². The molecule has 0 radical (unpaired) electrons. The molecule has 512 valence electrons. The smallest absolute Gasteiger partial charge is 0.341 e. The Kier molecular flexibility index (Phi) is 20.8. The maximum absolute atomic E-state index is 12.4. The lowest BCUT2D eigenvalue weighted by Crippen LogP contribution is -2.46. The summed E-state index contributed by atoms with van der Waals surface area (Å²) in [7, 11) is 2.87. The summed E-state index contributed by atoms with van der Waals surface area (Å²) in [5.74, 6) is 4.67. The number of morpholine rings is 6. The molecule has 6 saturated heterocycles. The fraction of sp³-hybridized carbons (Fsp3) is 0.500. The molecule has 6 atom stereocenters. The second-order valence-electron chi connectivity index (χ2n) is 25.5. The van der Waals surface area contributed by atoms with Crippen LogP contribution in [0.4, 0.5) is 35.3 Å². The van der Waals surface area contributed by atoms with E-state index in [0.29, 0.717) is 137 Å². The third-order valence-electron chi connectivity index (χ3n) is 18.8. The van der Waals surface area contributed by atoms with Gasteiger partial charge in [-0.1, -0.05) is 23.7 Å². The number of esters is 1. The van der Waals surface area contributed by atoms with Crippen molar-refractivity contribution in [3.8, 4) is 28.3 Å². The van der Waals surface area contributed by atoms with E-state index in [0.717, 1.165) is 119 Å². The zero-order chi connectivity index (χ0) is 67.3. The summed E-state index contributed by atoms with van der Waals surface area (Å²) < 4.78 is 44.1. The second kappa shape index (κ2) is 30.1. The number of nitrogens with zero attached hydrogens (tertiary/aromatic N) is 15. The molecule has 6 fully saturated rings. The van der Waals surface area contributed by atoms with Gasteiger partial charge in [0.25, 0.3) is 5.91 Å². The molecule has 1 amide bonds. The maximum atomic E-state index is 12.4. The molecule has 13 heterocycles. The molecular formula is C70H85ClN16O10. The summed E-state index contributed by atoms with van der Waals surface area (Å²) in [5.41, 5.74) is 7.47. The number of hydrogen-bond acceptors (Lipinski definition) is 25. The fourth-order valence-corrected chi connectivity index (χ4v) is 13.5. The summed E-state index contributed by atoms with van der Waals surface area (Å²) in [6, 6.07) is 24.3. The standard InChI is InChI=1S/C27H32N6O3.C26H31N5O5.C17H22ClN5O2/c1-17-15-35-12-10-32(17)25-22-7-8-23(20-5-6-21-19(14-20)4-3-9-28-26(21)34)29-24(22)30-27(31-25)33-11-13-36-16-18(33)2;1-16-14-35-11-9-30(16)24-20-7-8-21(18-5-6-19(25(32)34-4)22(13-18)33-3)27-23(20)28-26(29-24)31-10-12-36-15-17(31)2;1-11-9-24-7-5-22(11)16-13-3-4-14(18)19-15(13)20-17(21-16)23-6-8-25-10-12(23)2/h5-8,14,17-18H,3-4,9-13,15-16H2,1-2H3,(H,28,34);5-8,13,16-17H,9-12,14-15H2,1-4H3;3-4,11-12H,5-10H2,1-2H3/t17-,18-;16-,17-;11-,12-/m000/s1. The van der Waals surface area contributed by atoms with E-state index in [1.54, 1.807) is 18.2 Å². The molecule has 15 rings (SSSR count). The average molecular weight is 1350 g/mol. The molecule has 0 spiro atoms. The van der Waals surface area contributed by atoms with Gasteiger partial charge in [-0.3, -0.25) is 4.79 Å². The van der Waals surface area contributed by atoms with E-state index in [1.165, 1.54) is 14.2 Å². The highest BCUT2D eigenvalue weighted by molar-refractivity contribution is 6.29. The monoisotopic (exact) mass is 1340 g/mol. The number of carbonyl (C=O) groups excluding carboxylic acids is 2. The minimum Gasteiger partial charge on any atom is -0.496 e. The zero-order valence-electron chi connectivity index (χ0n) is 56.4. The van der Waals surface area contributed by atoms with Crippen molar-refractivity contribution in [3.05, 3.63) is 94.6 Å². The van der Waals surface area contributed by atoms with Gasteiger partial charge in [0.1, 0.15) is 33.9 Å². The number of aryl methyl sites for hydroxylation is 1. The third-order valence-corrected chi connectivity index (χ3v) is 19.0. The predicted molar refractivity (Wildman–Crippen MR) is 372 cm³/mol. The number of fused-ring (bicyclic) bond motifs is 4. The van der Waals surface area contributed by atoms with Gasteiger partial charge in [-0.15, -0.1) is 0 Å². The lowest BCUT2D eigenvalue weighted by Gasteiger charge is -2.37. The van der Waals surface area contributed by atoms with Crippen molar-refractivity contribution in [1.82, 2.24) is 50.2 Å². The Morgan fingerprint density at radius 1 is 0.474 bits per heavy atom. The first-order valence-electron chi connectivity index (χ1n) is 33.7. The molecule has 6 aromatic heterocycles. The first-order chi connectivity index (χ1) is 47.2. The van der Waals surface area contributed by atoms with Crippen LogP contribution in [-0.2, 0) is 39.6 Å². The molecule has 0 aliphatic carbocycles.